The van der Waals surface area contributed by atoms with E-state index in [1.807, 2.05) is 36.4 Å². The van der Waals surface area contributed by atoms with Gasteiger partial charge in [-0.2, -0.15) is 0 Å². The highest BCUT2D eigenvalue weighted by Gasteiger charge is 2.33. The maximum Gasteiger partial charge on any atom is 0.231 e. The van der Waals surface area contributed by atoms with Crippen LogP contribution in [0.4, 0.5) is 0 Å². The fourth-order valence-electron chi connectivity index (χ4n) is 4.31. The van der Waals surface area contributed by atoms with Crippen LogP contribution >= 0.6 is 23.2 Å². The van der Waals surface area contributed by atoms with Crippen LogP contribution in [0.1, 0.15) is 27.0 Å². The number of ketones is 1. The van der Waals surface area contributed by atoms with E-state index in [1.54, 1.807) is 18.2 Å². The first-order chi connectivity index (χ1) is 16.5. The number of halogens is 2. The van der Waals surface area contributed by atoms with Crippen molar-refractivity contribution in [2.45, 2.75) is 13.0 Å². The summed E-state index contributed by atoms with van der Waals surface area (Å²) in [5, 5.41) is 1.27. The van der Waals surface area contributed by atoms with Crippen molar-refractivity contribution >= 4 is 35.1 Å². The van der Waals surface area contributed by atoms with Gasteiger partial charge in [-0.15, -0.1) is 0 Å². The molecule has 3 aromatic carbocycles. The summed E-state index contributed by atoms with van der Waals surface area (Å²) in [7, 11) is 0. The van der Waals surface area contributed by atoms with Crippen LogP contribution in [0, 0.1) is 0 Å². The van der Waals surface area contributed by atoms with Gasteiger partial charge in [-0.25, -0.2) is 0 Å². The molecule has 3 heterocycles. The van der Waals surface area contributed by atoms with E-state index in [9.17, 15) is 4.79 Å². The second kappa shape index (κ2) is 8.55. The smallest absolute Gasteiger partial charge is 0.231 e. The zero-order chi connectivity index (χ0) is 23.2. The molecule has 8 heteroatoms. The lowest BCUT2D eigenvalue weighted by molar-refractivity contribution is 0.0950. The van der Waals surface area contributed by atoms with Gasteiger partial charge in [-0.3, -0.25) is 9.69 Å². The van der Waals surface area contributed by atoms with Crippen LogP contribution in [0.3, 0.4) is 0 Å². The lowest BCUT2D eigenvalue weighted by atomic mass is 10.0. The summed E-state index contributed by atoms with van der Waals surface area (Å²) in [4.78, 5) is 15.2. The molecule has 0 saturated heterocycles. The van der Waals surface area contributed by atoms with Gasteiger partial charge in [-0.05, 0) is 60.0 Å². The van der Waals surface area contributed by atoms with Gasteiger partial charge < -0.3 is 18.9 Å². The van der Waals surface area contributed by atoms with Gasteiger partial charge in [0.25, 0.3) is 0 Å². The van der Waals surface area contributed by atoms with Crippen molar-refractivity contribution in [3.63, 3.8) is 0 Å². The summed E-state index contributed by atoms with van der Waals surface area (Å²) >= 11 is 12.3. The Hall–Kier alpha value is -3.19. The van der Waals surface area contributed by atoms with Crippen molar-refractivity contribution in [3.05, 3.63) is 86.6 Å². The molecule has 34 heavy (non-hydrogen) atoms. The Labute approximate surface area is 206 Å². The molecule has 0 fully saturated rings. The predicted octanol–water partition coefficient (Wildman–Crippen LogP) is 5.73. The minimum atomic E-state index is -0.152. The predicted molar refractivity (Wildman–Crippen MR) is 128 cm³/mol. The van der Waals surface area contributed by atoms with Crippen LogP contribution in [-0.2, 0) is 13.0 Å². The van der Waals surface area contributed by atoms with Crippen LogP contribution in [0.5, 0.6) is 23.0 Å². The highest BCUT2D eigenvalue weighted by molar-refractivity contribution is 6.35. The fourth-order valence-corrected chi connectivity index (χ4v) is 4.81. The van der Waals surface area contributed by atoms with Crippen LogP contribution < -0.4 is 18.9 Å². The number of carbonyl (C=O) groups excluding carboxylic acids is 1. The van der Waals surface area contributed by atoms with Crippen molar-refractivity contribution in [1.82, 2.24) is 4.90 Å². The SMILES string of the molecule is O=C1/C(=C/c2ccc3c(c2)OCO3)Oc2c1ccc1c2CN(CCc2ccc(Cl)cc2Cl)CO1. The Morgan fingerprint density at radius 3 is 2.68 bits per heavy atom. The van der Waals surface area contributed by atoms with Crippen LogP contribution in [0.15, 0.2) is 54.3 Å². The molecule has 0 amide bonds. The van der Waals surface area contributed by atoms with Gasteiger partial charge in [0.1, 0.15) is 18.2 Å². The van der Waals surface area contributed by atoms with Crippen molar-refractivity contribution in [3.8, 4) is 23.0 Å². The Bertz CT molecular complexity index is 1350. The summed E-state index contributed by atoms with van der Waals surface area (Å²) in [6.07, 6.45) is 2.47. The second-order valence-electron chi connectivity index (χ2n) is 8.28. The van der Waals surface area contributed by atoms with Crippen LogP contribution in [0.2, 0.25) is 10.0 Å². The highest BCUT2D eigenvalue weighted by atomic mass is 35.5. The van der Waals surface area contributed by atoms with Gasteiger partial charge in [-0.1, -0.05) is 35.3 Å². The standard InChI is InChI=1S/C26H19Cl2NO5/c27-17-3-2-16(20(28)11-17)7-8-29-12-19-21(31-13-29)6-4-18-25(30)24(34-26(18)19)10-15-1-5-22-23(9-15)33-14-32-22/h1-6,9-11H,7-8,12-14H2/b24-10-. The number of carbonyl (C=O) groups is 1. The zero-order valence-electron chi connectivity index (χ0n) is 18.0. The largest absolute Gasteiger partial charge is 0.478 e. The Morgan fingerprint density at radius 2 is 1.79 bits per heavy atom. The number of allylic oxidation sites excluding steroid dienone is 1. The van der Waals surface area contributed by atoms with E-state index in [-0.39, 0.29) is 18.3 Å². The summed E-state index contributed by atoms with van der Waals surface area (Å²) < 4.78 is 22.8. The molecule has 0 radical (unpaired) electrons. The fraction of sp³-hybridized carbons (Fsp3) is 0.192. The molecule has 0 unspecified atom stereocenters. The number of Topliss-reactive ketones (excluding diaryl/α,β-unsaturated/α-hetero) is 1. The molecule has 3 aromatic rings. The maximum atomic E-state index is 13.0. The minimum absolute atomic E-state index is 0.152. The molecule has 6 nitrogen and oxygen atoms in total. The minimum Gasteiger partial charge on any atom is -0.478 e. The van der Waals surface area contributed by atoms with Crippen molar-refractivity contribution in [1.29, 1.82) is 0 Å². The third-order valence-electron chi connectivity index (χ3n) is 6.09. The molecule has 0 bridgehead atoms. The topological polar surface area (TPSA) is 57.2 Å². The zero-order valence-corrected chi connectivity index (χ0v) is 19.5. The molecule has 3 aliphatic heterocycles. The molecular weight excluding hydrogens is 477 g/mol. The molecule has 0 N–H and O–H groups in total. The Morgan fingerprint density at radius 1 is 0.941 bits per heavy atom. The van der Waals surface area contributed by atoms with Crippen LogP contribution in [0.25, 0.3) is 6.08 Å². The van der Waals surface area contributed by atoms with Gasteiger partial charge in [0.05, 0.1) is 11.1 Å². The Kier molecular flexibility index (Phi) is 5.37. The summed E-state index contributed by atoms with van der Waals surface area (Å²) in [5.41, 5.74) is 3.23. The molecule has 0 aliphatic carbocycles. The number of rotatable bonds is 4. The molecule has 0 atom stereocenters. The van der Waals surface area contributed by atoms with Crippen molar-refractivity contribution in [2.75, 3.05) is 20.1 Å². The lowest BCUT2D eigenvalue weighted by Gasteiger charge is -2.29. The monoisotopic (exact) mass is 495 g/mol. The van der Waals surface area contributed by atoms with Crippen LogP contribution in [-0.4, -0.2) is 30.8 Å². The second-order valence-corrected chi connectivity index (χ2v) is 9.13. The van der Waals surface area contributed by atoms with Gasteiger partial charge in [0.2, 0.25) is 12.6 Å². The average molecular weight is 496 g/mol. The quantitative estimate of drug-likeness (QED) is 0.430. The van der Waals surface area contributed by atoms with E-state index < -0.39 is 0 Å². The average Bonchev–Trinajstić information content (AvgIpc) is 3.43. The molecule has 172 valence electrons. The first kappa shape index (κ1) is 21.4. The summed E-state index contributed by atoms with van der Waals surface area (Å²) in [6, 6.07) is 14.6. The van der Waals surface area contributed by atoms with E-state index in [4.69, 9.17) is 42.1 Å². The Balaban J connectivity index is 1.22. The molecule has 0 saturated carbocycles. The van der Waals surface area contributed by atoms with Gasteiger partial charge in [0, 0.05) is 23.1 Å². The van der Waals surface area contributed by atoms with Gasteiger partial charge >= 0.3 is 0 Å². The van der Waals surface area contributed by atoms with E-state index in [1.165, 1.54) is 0 Å². The molecule has 0 spiro atoms. The third-order valence-corrected chi connectivity index (χ3v) is 6.68. The van der Waals surface area contributed by atoms with Crippen molar-refractivity contribution in [2.24, 2.45) is 0 Å². The van der Waals surface area contributed by atoms with E-state index in [2.05, 4.69) is 4.90 Å². The number of hydrogen-bond donors (Lipinski definition) is 0. The number of fused-ring (bicyclic) bond motifs is 4. The van der Waals surface area contributed by atoms with E-state index >= 15 is 0 Å². The molecule has 0 aromatic heterocycles. The lowest BCUT2D eigenvalue weighted by Crippen LogP contribution is -2.33. The van der Waals surface area contributed by atoms with E-state index in [0.29, 0.717) is 46.1 Å². The number of hydrogen-bond acceptors (Lipinski definition) is 6. The third kappa shape index (κ3) is 3.88. The molecule has 3 aliphatic rings. The first-order valence-corrected chi connectivity index (χ1v) is 11.6. The number of nitrogens with zero attached hydrogens (tertiary/aromatic N) is 1. The number of benzene rings is 3. The highest BCUT2D eigenvalue weighted by Crippen LogP contribution is 2.42. The normalized spacial score (nSPS) is 17.4. The van der Waals surface area contributed by atoms with Gasteiger partial charge in [0.15, 0.2) is 17.3 Å². The maximum absolute atomic E-state index is 13.0. The first-order valence-electron chi connectivity index (χ1n) is 10.8. The summed E-state index contributed by atoms with van der Waals surface area (Å²) in [5.74, 6) is 2.75. The molecule has 6 rings (SSSR count). The molecular formula is C26H19Cl2NO5. The summed E-state index contributed by atoms with van der Waals surface area (Å²) in [6.45, 7) is 1.99. The van der Waals surface area contributed by atoms with E-state index in [0.717, 1.165) is 35.4 Å². The van der Waals surface area contributed by atoms with Crippen molar-refractivity contribution < 1.29 is 23.7 Å². The number of ether oxygens (including phenoxy) is 4.